The number of H-pyrrole nitrogens is 1. The fraction of sp³-hybridized carbons (Fsp3) is 0.150. The third-order valence-corrected chi connectivity index (χ3v) is 4.42. The van der Waals surface area contributed by atoms with E-state index in [1.807, 2.05) is 24.3 Å². The molecule has 0 saturated carbocycles. The third-order valence-electron chi connectivity index (χ3n) is 4.42. The van der Waals surface area contributed by atoms with Gasteiger partial charge in [0.1, 0.15) is 17.4 Å². The molecule has 27 heavy (non-hydrogen) atoms. The van der Waals surface area contributed by atoms with Crippen LogP contribution in [0.5, 0.6) is 0 Å². The Morgan fingerprint density at radius 2 is 2.00 bits per heavy atom. The van der Waals surface area contributed by atoms with E-state index >= 15 is 0 Å². The number of rotatable bonds is 4. The molecule has 7 nitrogen and oxygen atoms in total. The van der Waals surface area contributed by atoms with Gasteiger partial charge in [0.05, 0.1) is 35.3 Å². The van der Waals surface area contributed by atoms with Gasteiger partial charge in [-0.15, -0.1) is 0 Å². The van der Waals surface area contributed by atoms with E-state index in [1.54, 1.807) is 36.1 Å². The number of amidine groups is 1. The van der Waals surface area contributed by atoms with Crippen LogP contribution in [0, 0.1) is 5.41 Å². The molecule has 0 radical (unpaired) electrons. The van der Waals surface area contributed by atoms with Crippen molar-refractivity contribution in [3.8, 4) is 0 Å². The highest BCUT2D eigenvalue weighted by atomic mass is 16.5. The van der Waals surface area contributed by atoms with Gasteiger partial charge in [0.15, 0.2) is 0 Å². The van der Waals surface area contributed by atoms with Gasteiger partial charge in [0.2, 0.25) is 0 Å². The second-order valence-electron chi connectivity index (χ2n) is 6.13. The molecular formula is C20H18N4O3. The lowest BCUT2D eigenvalue weighted by atomic mass is 10.2. The van der Waals surface area contributed by atoms with Gasteiger partial charge in [-0.3, -0.25) is 5.41 Å². The van der Waals surface area contributed by atoms with E-state index in [-0.39, 0.29) is 24.1 Å². The number of aliphatic hydroxyl groups excluding tert-OH is 1. The Morgan fingerprint density at radius 3 is 2.70 bits per heavy atom. The summed E-state index contributed by atoms with van der Waals surface area (Å²) >= 11 is 0. The Bertz CT molecular complexity index is 1030. The molecule has 1 aliphatic rings. The Hall–Kier alpha value is -3.61. The Morgan fingerprint density at radius 1 is 1.26 bits per heavy atom. The van der Waals surface area contributed by atoms with E-state index in [0.717, 1.165) is 11.0 Å². The number of nitrogens with one attached hydrogen (secondary N) is 2. The number of anilines is 1. The number of nitrogens with zero attached hydrogens (tertiary/aromatic N) is 2. The summed E-state index contributed by atoms with van der Waals surface area (Å²) in [5.41, 5.74) is 3.14. The zero-order valence-electron chi connectivity index (χ0n) is 14.7. The molecule has 0 amide bonds. The SMILES string of the molecule is CCOC(=O)c1ccc(N2CC(O)=C(c3nc4ccccc4[nH]3)C2=N)cc1. The molecule has 2 heterocycles. The molecule has 2 aromatic carbocycles. The number of aliphatic hydroxyl groups is 1. The fourth-order valence-corrected chi connectivity index (χ4v) is 3.11. The van der Waals surface area contributed by atoms with Crippen LogP contribution in [0.3, 0.4) is 0 Å². The third kappa shape index (κ3) is 2.93. The van der Waals surface area contributed by atoms with Gasteiger partial charge >= 0.3 is 5.97 Å². The predicted octanol–water partition coefficient (Wildman–Crippen LogP) is 3.51. The summed E-state index contributed by atoms with van der Waals surface area (Å²) in [6.45, 7) is 2.24. The predicted molar refractivity (Wildman–Crippen MR) is 103 cm³/mol. The highest BCUT2D eigenvalue weighted by molar-refractivity contribution is 6.30. The smallest absolute Gasteiger partial charge is 0.338 e. The van der Waals surface area contributed by atoms with Gasteiger partial charge in [-0.25, -0.2) is 9.78 Å². The van der Waals surface area contributed by atoms with Gasteiger partial charge in [-0.1, -0.05) is 12.1 Å². The van der Waals surface area contributed by atoms with Crippen LogP contribution in [0.15, 0.2) is 54.3 Å². The van der Waals surface area contributed by atoms with Crippen molar-refractivity contribution < 1.29 is 14.6 Å². The number of ether oxygens (including phenoxy) is 1. The Balaban J connectivity index is 1.61. The van der Waals surface area contributed by atoms with E-state index in [1.165, 1.54) is 0 Å². The number of fused-ring (bicyclic) bond motifs is 1. The zero-order valence-corrected chi connectivity index (χ0v) is 14.7. The van der Waals surface area contributed by atoms with Crippen molar-refractivity contribution in [3.05, 3.63) is 65.7 Å². The molecular weight excluding hydrogens is 344 g/mol. The first-order valence-corrected chi connectivity index (χ1v) is 8.59. The molecule has 136 valence electrons. The summed E-state index contributed by atoms with van der Waals surface area (Å²) in [6.07, 6.45) is 0. The highest BCUT2D eigenvalue weighted by Gasteiger charge is 2.31. The molecule has 1 aromatic heterocycles. The van der Waals surface area contributed by atoms with Crippen molar-refractivity contribution in [2.75, 3.05) is 18.1 Å². The van der Waals surface area contributed by atoms with E-state index in [0.29, 0.717) is 29.3 Å². The van der Waals surface area contributed by atoms with Crippen molar-refractivity contribution in [2.45, 2.75) is 6.92 Å². The lowest BCUT2D eigenvalue weighted by Gasteiger charge is -2.18. The fourth-order valence-electron chi connectivity index (χ4n) is 3.11. The second kappa shape index (κ2) is 6.60. The quantitative estimate of drug-likeness (QED) is 0.617. The number of carbonyl (C=O) groups is 1. The summed E-state index contributed by atoms with van der Waals surface area (Å²) in [7, 11) is 0. The number of para-hydroxylation sites is 2. The number of aromatic amines is 1. The number of hydrogen-bond acceptors (Lipinski definition) is 5. The first kappa shape index (κ1) is 16.8. The van der Waals surface area contributed by atoms with E-state index in [9.17, 15) is 9.90 Å². The zero-order chi connectivity index (χ0) is 19.0. The average molecular weight is 362 g/mol. The summed E-state index contributed by atoms with van der Waals surface area (Å²) in [4.78, 5) is 21.1. The number of carbonyl (C=O) groups excluding carboxylic acids is 1. The second-order valence-corrected chi connectivity index (χ2v) is 6.13. The van der Waals surface area contributed by atoms with Crippen LogP contribution in [-0.2, 0) is 4.74 Å². The van der Waals surface area contributed by atoms with Crippen molar-refractivity contribution in [1.82, 2.24) is 9.97 Å². The molecule has 1 aliphatic heterocycles. The molecule has 0 spiro atoms. The summed E-state index contributed by atoms with van der Waals surface area (Å²) in [6, 6.07) is 14.3. The van der Waals surface area contributed by atoms with Gasteiger partial charge in [0.25, 0.3) is 0 Å². The molecule has 4 rings (SSSR count). The maximum Gasteiger partial charge on any atom is 0.338 e. The number of benzene rings is 2. The van der Waals surface area contributed by atoms with Gasteiger partial charge in [-0.05, 0) is 43.3 Å². The lowest BCUT2D eigenvalue weighted by Crippen LogP contribution is -2.26. The van der Waals surface area contributed by atoms with Crippen LogP contribution < -0.4 is 4.90 Å². The Kier molecular flexibility index (Phi) is 4.12. The van der Waals surface area contributed by atoms with Crippen LogP contribution in [0.1, 0.15) is 23.1 Å². The van der Waals surface area contributed by atoms with Crippen molar-refractivity contribution >= 4 is 34.1 Å². The highest BCUT2D eigenvalue weighted by Crippen LogP contribution is 2.31. The van der Waals surface area contributed by atoms with Crippen LogP contribution in [0.4, 0.5) is 5.69 Å². The monoisotopic (exact) mass is 362 g/mol. The van der Waals surface area contributed by atoms with Crippen LogP contribution in [-0.4, -0.2) is 40.0 Å². The molecule has 7 heteroatoms. The van der Waals surface area contributed by atoms with Gasteiger partial charge < -0.3 is 19.7 Å². The molecule has 0 fully saturated rings. The maximum atomic E-state index is 11.8. The number of imidazole rings is 1. The minimum Gasteiger partial charge on any atom is -0.509 e. The Labute approximate surface area is 155 Å². The van der Waals surface area contributed by atoms with Crippen LogP contribution >= 0.6 is 0 Å². The number of aromatic nitrogens is 2. The molecule has 0 aliphatic carbocycles. The van der Waals surface area contributed by atoms with E-state index in [2.05, 4.69) is 9.97 Å². The van der Waals surface area contributed by atoms with Crippen molar-refractivity contribution in [3.63, 3.8) is 0 Å². The molecule has 0 saturated heterocycles. The summed E-state index contributed by atoms with van der Waals surface area (Å²) in [5.74, 6) is 0.304. The van der Waals surface area contributed by atoms with Crippen molar-refractivity contribution in [1.29, 1.82) is 5.41 Å². The van der Waals surface area contributed by atoms with Crippen LogP contribution in [0.25, 0.3) is 16.6 Å². The minimum absolute atomic E-state index is 0.0773. The van der Waals surface area contributed by atoms with E-state index in [4.69, 9.17) is 10.1 Å². The molecule has 0 unspecified atom stereocenters. The summed E-state index contributed by atoms with van der Waals surface area (Å²) in [5, 5.41) is 18.9. The molecule has 3 N–H and O–H groups in total. The maximum absolute atomic E-state index is 11.8. The van der Waals surface area contributed by atoms with E-state index < -0.39 is 0 Å². The summed E-state index contributed by atoms with van der Waals surface area (Å²) < 4.78 is 4.98. The van der Waals surface area contributed by atoms with Gasteiger partial charge in [0, 0.05) is 5.69 Å². The molecule has 3 aromatic rings. The standard InChI is InChI=1S/C20H18N4O3/c1-2-27-20(26)12-7-9-13(10-8-12)24-11-16(25)17(18(24)21)19-22-14-5-3-4-6-15(14)23-19/h3-10,21,25H,2,11H2,1H3,(H,22,23). The van der Waals surface area contributed by atoms with Gasteiger partial charge in [-0.2, -0.15) is 0 Å². The van der Waals surface area contributed by atoms with Crippen molar-refractivity contribution in [2.24, 2.45) is 0 Å². The normalized spacial score (nSPS) is 14.3. The topological polar surface area (TPSA) is 102 Å². The first-order valence-electron chi connectivity index (χ1n) is 8.59. The average Bonchev–Trinajstić information content (AvgIpc) is 3.22. The first-order chi connectivity index (χ1) is 13.1. The number of esters is 1. The largest absolute Gasteiger partial charge is 0.509 e. The van der Waals surface area contributed by atoms with Crippen LogP contribution in [0.2, 0.25) is 0 Å². The number of hydrogen-bond donors (Lipinski definition) is 3. The molecule has 0 bridgehead atoms. The molecule has 0 atom stereocenters. The lowest BCUT2D eigenvalue weighted by molar-refractivity contribution is 0.0526. The minimum atomic E-state index is -0.385.